The van der Waals surface area contributed by atoms with Crippen molar-refractivity contribution < 1.29 is 20.1 Å². The molecule has 0 saturated heterocycles. The van der Waals surface area contributed by atoms with Gasteiger partial charge in [0.2, 0.25) is 0 Å². The molecule has 2 saturated carbocycles. The Morgan fingerprint density at radius 3 is 2.88 bits per heavy atom. The van der Waals surface area contributed by atoms with Gasteiger partial charge in [-0.25, -0.2) is 0 Å². The molecule has 142 valence electrons. The fourth-order valence-electron chi connectivity index (χ4n) is 6.00. The molecule has 0 aliphatic heterocycles. The second-order valence-corrected chi connectivity index (χ2v) is 9.92. The van der Waals surface area contributed by atoms with E-state index in [1.165, 1.54) is 11.1 Å². The Labute approximate surface area is 159 Å². The van der Waals surface area contributed by atoms with Crippen molar-refractivity contribution >= 4 is 17.7 Å². The molecule has 0 heterocycles. The maximum Gasteiger partial charge on any atom is 0.304 e. The molecular formula is C21H28O4S. The Balaban J connectivity index is 1.67. The van der Waals surface area contributed by atoms with Crippen molar-refractivity contribution in [1.29, 1.82) is 0 Å². The van der Waals surface area contributed by atoms with E-state index >= 15 is 0 Å². The molecule has 2 fully saturated rings. The predicted molar refractivity (Wildman–Crippen MR) is 103 cm³/mol. The molecule has 5 heteroatoms. The van der Waals surface area contributed by atoms with E-state index in [0.29, 0.717) is 34.5 Å². The zero-order valence-corrected chi connectivity index (χ0v) is 16.0. The Hall–Kier alpha value is -1.20. The second kappa shape index (κ2) is 6.75. The lowest BCUT2D eigenvalue weighted by atomic mass is 9.55. The van der Waals surface area contributed by atoms with Crippen LogP contribution in [-0.2, 0) is 11.2 Å². The predicted octanol–water partition coefficient (Wildman–Crippen LogP) is 3.80. The van der Waals surface area contributed by atoms with Crippen LogP contribution in [0.5, 0.6) is 5.75 Å². The van der Waals surface area contributed by atoms with E-state index in [4.69, 9.17) is 5.11 Å². The number of carbonyl (C=O) groups is 1. The van der Waals surface area contributed by atoms with E-state index in [-0.39, 0.29) is 17.9 Å². The van der Waals surface area contributed by atoms with Crippen molar-refractivity contribution in [3.8, 4) is 5.75 Å². The summed E-state index contributed by atoms with van der Waals surface area (Å²) in [7, 11) is 0. The van der Waals surface area contributed by atoms with Gasteiger partial charge in [-0.1, -0.05) is 13.0 Å². The Bertz CT molecular complexity index is 705. The topological polar surface area (TPSA) is 77.8 Å². The van der Waals surface area contributed by atoms with Gasteiger partial charge in [-0.05, 0) is 78.5 Å². The normalized spacial score (nSPS) is 38.3. The van der Waals surface area contributed by atoms with Crippen LogP contribution in [0.25, 0.3) is 0 Å². The number of aliphatic hydroxyl groups is 1. The third kappa shape index (κ3) is 2.93. The van der Waals surface area contributed by atoms with Crippen molar-refractivity contribution in [2.45, 2.75) is 62.7 Å². The molecule has 6 atom stereocenters. The van der Waals surface area contributed by atoms with Crippen LogP contribution in [0.3, 0.4) is 0 Å². The molecule has 1 aromatic carbocycles. The molecule has 4 nitrogen and oxygen atoms in total. The average molecular weight is 377 g/mol. The van der Waals surface area contributed by atoms with Crippen molar-refractivity contribution in [3.63, 3.8) is 0 Å². The molecule has 3 N–H and O–H groups in total. The van der Waals surface area contributed by atoms with Gasteiger partial charge >= 0.3 is 5.97 Å². The van der Waals surface area contributed by atoms with Crippen LogP contribution >= 0.6 is 11.8 Å². The van der Waals surface area contributed by atoms with E-state index in [9.17, 15) is 15.0 Å². The summed E-state index contributed by atoms with van der Waals surface area (Å²) in [6, 6.07) is 5.78. The highest BCUT2D eigenvalue weighted by Gasteiger charge is 2.56. The summed E-state index contributed by atoms with van der Waals surface area (Å²) in [6.45, 7) is 2.26. The Morgan fingerprint density at radius 2 is 2.12 bits per heavy atom. The number of fused-ring (bicyclic) bond motifs is 5. The van der Waals surface area contributed by atoms with Crippen LogP contribution in [0.4, 0.5) is 0 Å². The van der Waals surface area contributed by atoms with Crippen LogP contribution in [0, 0.1) is 17.3 Å². The van der Waals surface area contributed by atoms with Gasteiger partial charge in [0.05, 0.1) is 12.5 Å². The highest BCUT2D eigenvalue weighted by Crippen LogP contribution is 2.62. The molecule has 0 radical (unpaired) electrons. The third-order valence-electron chi connectivity index (χ3n) is 7.31. The lowest BCUT2D eigenvalue weighted by molar-refractivity contribution is -0.136. The lowest BCUT2D eigenvalue weighted by Gasteiger charge is -2.52. The molecule has 0 aromatic heterocycles. The first-order valence-corrected chi connectivity index (χ1v) is 10.8. The summed E-state index contributed by atoms with van der Waals surface area (Å²) >= 11 is 1.79. The summed E-state index contributed by atoms with van der Waals surface area (Å²) in [5.74, 6) is 1.65. The minimum atomic E-state index is -0.743. The van der Waals surface area contributed by atoms with Crippen molar-refractivity contribution in [2.24, 2.45) is 17.3 Å². The molecule has 4 rings (SSSR count). The van der Waals surface area contributed by atoms with Crippen molar-refractivity contribution in [1.82, 2.24) is 0 Å². The molecule has 0 amide bonds. The van der Waals surface area contributed by atoms with E-state index < -0.39 is 5.97 Å². The zero-order chi connectivity index (χ0) is 18.5. The number of hydrogen-bond acceptors (Lipinski definition) is 4. The molecule has 26 heavy (non-hydrogen) atoms. The molecule has 0 unspecified atom stereocenters. The summed E-state index contributed by atoms with van der Waals surface area (Å²) in [4.78, 5) is 11.0. The first-order valence-electron chi connectivity index (χ1n) is 9.73. The number of aliphatic carboxylic acids is 1. The van der Waals surface area contributed by atoms with Crippen molar-refractivity contribution in [3.05, 3.63) is 29.3 Å². The number of aromatic hydroxyl groups is 1. The maximum absolute atomic E-state index is 11.0. The minimum absolute atomic E-state index is 0.00119. The van der Waals surface area contributed by atoms with E-state index in [1.807, 2.05) is 6.07 Å². The fraction of sp³-hybridized carbons (Fsp3) is 0.667. The van der Waals surface area contributed by atoms with Gasteiger partial charge in [0.25, 0.3) is 0 Å². The Morgan fingerprint density at radius 1 is 1.31 bits per heavy atom. The van der Waals surface area contributed by atoms with E-state index in [1.54, 1.807) is 17.8 Å². The van der Waals surface area contributed by atoms with Gasteiger partial charge in [0.15, 0.2) is 0 Å². The number of phenolic OH excluding ortho intramolecular Hbond substituents is 1. The SMILES string of the molecule is C[C@]12CC[C@@H]3c4ccc(O)cc4C[C@@H](SCCC(=O)O)[C@H]3[C@@H]1CC[C@@H]2O. The number of hydrogen-bond donors (Lipinski definition) is 3. The van der Waals surface area contributed by atoms with Crippen LogP contribution < -0.4 is 0 Å². The fourth-order valence-corrected chi connectivity index (χ4v) is 7.49. The summed E-state index contributed by atoms with van der Waals surface area (Å²) in [5.41, 5.74) is 2.59. The van der Waals surface area contributed by atoms with Gasteiger partial charge in [-0.15, -0.1) is 0 Å². The third-order valence-corrected chi connectivity index (χ3v) is 8.66. The van der Waals surface area contributed by atoms with Gasteiger partial charge in [0, 0.05) is 11.0 Å². The van der Waals surface area contributed by atoms with Crippen LogP contribution in [0.15, 0.2) is 18.2 Å². The number of thioether (sulfide) groups is 1. The van der Waals surface area contributed by atoms with Crippen LogP contribution in [-0.4, -0.2) is 38.4 Å². The van der Waals surface area contributed by atoms with Gasteiger partial charge in [-0.3, -0.25) is 4.79 Å². The summed E-state index contributed by atoms with van der Waals surface area (Å²) < 4.78 is 0. The zero-order valence-electron chi connectivity index (χ0n) is 15.2. The standard InChI is InChI=1S/C21H28O4S/c1-21-8-6-15-14-3-2-13(22)10-12(14)11-17(26-9-7-19(24)25)20(15)16(21)4-5-18(21)23/h2-3,10,15-18,20,22-23H,4-9,11H2,1H3,(H,24,25)/t15-,16+,17-,18+,20-,21+/m1/s1. The number of carboxylic acids is 1. The number of rotatable bonds is 4. The quantitative estimate of drug-likeness (QED) is 0.745. The number of aliphatic hydroxyl groups excluding tert-OH is 1. The Kier molecular flexibility index (Phi) is 4.72. The van der Waals surface area contributed by atoms with Crippen LogP contribution in [0.1, 0.15) is 56.1 Å². The molecular weight excluding hydrogens is 348 g/mol. The second-order valence-electron chi connectivity index (χ2n) is 8.57. The number of benzene rings is 1. The number of carboxylic acid groups (broad SMARTS) is 1. The first-order chi connectivity index (χ1) is 12.4. The monoisotopic (exact) mass is 376 g/mol. The van der Waals surface area contributed by atoms with E-state index in [2.05, 4.69) is 13.0 Å². The van der Waals surface area contributed by atoms with Gasteiger partial charge < -0.3 is 15.3 Å². The lowest BCUT2D eigenvalue weighted by Crippen LogP contribution is -2.48. The van der Waals surface area contributed by atoms with Gasteiger partial charge in [0.1, 0.15) is 5.75 Å². The molecule has 0 spiro atoms. The molecule has 1 aromatic rings. The smallest absolute Gasteiger partial charge is 0.304 e. The highest BCUT2D eigenvalue weighted by atomic mass is 32.2. The van der Waals surface area contributed by atoms with Crippen LogP contribution in [0.2, 0.25) is 0 Å². The van der Waals surface area contributed by atoms with Crippen molar-refractivity contribution in [2.75, 3.05) is 5.75 Å². The summed E-state index contributed by atoms with van der Waals surface area (Å²) in [6.07, 6.45) is 4.95. The van der Waals surface area contributed by atoms with E-state index in [0.717, 1.165) is 32.1 Å². The highest BCUT2D eigenvalue weighted by molar-refractivity contribution is 7.99. The van der Waals surface area contributed by atoms with Gasteiger partial charge in [-0.2, -0.15) is 11.8 Å². The largest absolute Gasteiger partial charge is 0.508 e. The maximum atomic E-state index is 11.0. The minimum Gasteiger partial charge on any atom is -0.508 e. The molecule has 3 aliphatic carbocycles. The summed E-state index contributed by atoms with van der Waals surface area (Å²) in [5, 5.41) is 29.9. The first kappa shape index (κ1) is 18.2. The number of phenols is 1. The average Bonchev–Trinajstić information content (AvgIpc) is 2.89. The molecule has 3 aliphatic rings. The molecule has 0 bridgehead atoms.